The van der Waals surface area contributed by atoms with Gasteiger partial charge >= 0.3 is 0 Å². The second-order valence-electron chi connectivity index (χ2n) is 4.48. The minimum atomic E-state index is 0.00295. The Hall–Kier alpha value is -2.05. The fourth-order valence-corrected chi connectivity index (χ4v) is 2.26. The molecule has 0 radical (unpaired) electrons. The number of fused-ring (bicyclic) bond motifs is 1. The Balaban J connectivity index is 1.83. The summed E-state index contributed by atoms with van der Waals surface area (Å²) in [7, 11) is 0. The summed E-state index contributed by atoms with van der Waals surface area (Å²) in [6.45, 7) is 2.64. The lowest BCUT2D eigenvalue weighted by Crippen LogP contribution is -2.19. The molecule has 2 N–H and O–H groups in total. The molecule has 7 heteroatoms. The molecule has 1 atom stereocenters. The molecule has 6 nitrogen and oxygen atoms in total. The molecule has 0 bridgehead atoms. The largest absolute Gasteiger partial charge is 0.303 e. The van der Waals surface area contributed by atoms with Crippen molar-refractivity contribution in [1.29, 1.82) is 0 Å². The zero-order valence-corrected chi connectivity index (χ0v) is 11.6. The van der Waals surface area contributed by atoms with Crippen molar-refractivity contribution in [2.24, 2.45) is 0 Å². The maximum atomic E-state index is 6.18. The number of pyridine rings is 1. The van der Waals surface area contributed by atoms with Gasteiger partial charge in [-0.1, -0.05) is 22.9 Å². The van der Waals surface area contributed by atoms with E-state index in [9.17, 15) is 0 Å². The molecule has 0 amide bonds. The van der Waals surface area contributed by atoms with Crippen molar-refractivity contribution in [2.45, 2.75) is 19.5 Å². The van der Waals surface area contributed by atoms with Crippen LogP contribution in [0.3, 0.4) is 0 Å². The maximum absolute atomic E-state index is 6.18. The summed E-state index contributed by atoms with van der Waals surface area (Å²) < 4.78 is 0. The molecule has 0 aliphatic heterocycles. The van der Waals surface area contributed by atoms with E-state index in [-0.39, 0.29) is 6.04 Å². The number of tetrazole rings is 1. The molecular formula is C13H13ClN6. The van der Waals surface area contributed by atoms with Crippen LogP contribution in [0, 0.1) is 0 Å². The van der Waals surface area contributed by atoms with Gasteiger partial charge in [0.25, 0.3) is 0 Å². The number of aromatic amines is 1. The lowest BCUT2D eigenvalue weighted by Gasteiger charge is -2.11. The number of halogens is 1. The third-order valence-electron chi connectivity index (χ3n) is 3.15. The molecule has 0 aliphatic rings. The van der Waals surface area contributed by atoms with Gasteiger partial charge < -0.3 is 5.32 Å². The second-order valence-corrected chi connectivity index (χ2v) is 4.89. The average Bonchev–Trinajstić information content (AvgIpc) is 3.01. The molecule has 3 rings (SSSR count). The number of nitrogens with one attached hydrogen (secondary N) is 2. The fraction of sp³-hybridized carbons (Fsp3) is 0.231. The van der Waals surface area contributed by atoms with Gasteiger partial charge in [0, 0.05) is 23.2 Å². The molecule has 20 heavy (non-hydrogen) atoms. The smallest absolute Gasteiger partial charge is 0.191 e. The van der Waals surface area contributed by atoms with Crippen molar-refractivity contribution < 1.29 is 0 Å². The van der Waals surface area contributed by atoms with E-state index in [2.05, 4.69) is 30.9 Å². The Morgan fingerprint density at radius 1 is 1.35 bits per heavy atom. The standard InChI is InChI=1S/C13H13ClN6/c1-8(13-17-19-20-18-13)16-7-9-4-5-11(14)10-3-2-6-15-12(9)10/h2-6,8,16H,7H2,1H3,(H,17,18,19,20). The van der Waals surface area contributed by atoms with Crippen molar-refractivity contribution in [2.75, 3.05) is 0 Å². The normalized spacial score (nSPS) is 12.7. The van der Waals surface area contributed by atoms with Crippen LogP contribution in [0.4, 0.5) is 0 Å². The van der Waals surface area contributed by atoms with Crippen LogP contribution in [-0.2, 0) is 6.54 Å². The quantitative estimate of drug-likeness (QED) is 0.770. The Morgan fingerprint density at radius 2 is 2.25 bits per heavy atom. The lowest BCUT2D eigenvalue weighted by atomic mass is 10.1. The van der Waals surface area contributed by atoms with Gasteiger partial charge in [-0.3, -0.25) is 4.98 Å². The van der Waals surface area contributed by atoms with Gasteiger partial charge in [-0.2, -0.15) is 5.21 Å². The summed E-state index contributed by atoms with van der Waals surface area (Å²) in [5.74, 6) is 0.635. The predicted molar refractivity (Wildman–Crippen MR) is 76.2 cm³/mol. The van der Waals surface area contributed by atoms with E-state index >= 15 is 0 Å². The molecule has 102 valence electrons. The van der Waals surface area contributed by atoms with Crippen LogP contribution in [0.1, 0.15) is 24.4 Å². The van der Waals surface area contributed by atoms with Crippen molar-refractivity contribution >= 4 is 22.5 Å². The van der Waals surface area contributed by atoms with Gasteiger partial charge in [-0.15, -0.1) is 10.2 Å². The first-order valence-electron chi connectivity index (χ1n) is 6.24. The van der Waals surface area contributed by atoms with E-state index in [1.807, 2.05) is 31.2 Å². The van der Waals surface area contributed by atoms with Gasteiger partial charge in [0.05, 0.1) is 11.6 Å². The van der Waals surface area contributed by atoms with Crippen LogP contribution in [0.5, 0.6) is 0 Å². The van der Waals surface area contributed by atoms with Gasteiger partial charge in [0.2, 0.25) is 0 Å². The molecule has 0 saturated heterocycles. The van der Waals surface area contributed by atoms with Gasteiger partial charge in [0.1, 0.15) is 0 Å². The van der Waals surface area contributed by atoms with Gasteiger partial charge in [-0.05, 0) is 30.7 Å². The number of H-pyrrole nitrogens is 1. The Bertz CT molecular complexity index is 712. The van der Waals surface area contributed by atoms with E-state index in [0.717, 1.165) is 16.5 Å². The SMILES string of the molecule is CC(NCc1ccc(Cl)c2cccnc12)c1nn[nH]n1. The molecule has 0 fully saturated rings. The molecule has 0 aliphatic carbocycles. The van der Waals surface area contributed by atoms with Crippen LogP contribution < -0.4 is 5.32 Å². The van der Waals surface area contributed by atoms with Crippen molar-refractivity contribution in [3.05, 3.63) is 46.9 Å². The monoisotopic (exact) mass is 288 g/mol. The zero-order chi connectivity index (χ0) is 13.9. The Morgan fingerprint density at radius 3 is 3.05 bits per heavy atom. The Kier molecular flexibility index (Phi) is 3.58. The first-order valence-corrected chi connectivity index (χ1v) is 6.62. The number of aromatic nitrogens is 5. The molecule has 3 aromatic rings. The van der Waals surface area contributed by atoms with Crippen LogP contribution in [0.15, 0.2) is 30.5 Å². The number of hydrogen-bond acceptors (Lipinski definition) is 5. The van der Waals surface area contributed by atoms with Crippen LogP contribution in [-0.4, -0.2) is 25.6 Å². The summed E-state index contributed by atoms with van der Waals surface area (Å²) in [4.78, 5) is 4.41. The van der Waals surface area contributed by atoms with Gasteiger partial charge in [-0.25, -0.2) is 0 Å². The minimum absolute atomic E-state index is 0.00295. The predicted octanol–water partition coefficient (Wildman–Crippen LogP) is 2.25. The summed E-state index contributed by atoms with van der Waals surface area (Å²) in [5.41, 5.74) is 1.99. The summed E-state index contributed by atoms with van der Waals surface area (Å²) >= 11 is 6.18. The molecule has 2 heterocycles. The lowest BCUT2D eigenvalue weighted by molar-refractivity contribution is 0.548. The molecular weight excluding hydrogens is 276 g/mol. The highest BCUT2D eigenvalue weighted by Crippen LogP contribution is 2.24. The second kappa shape index (κ2) is 5.52. The molecule has 1 unspecified atom stereocenters. The molecule has 1 aromatic carbocycles. The zero-order valence-electron chi connectivity index (χ0n) is 10.8. The van der Waals surface area contributed by atoms with E-state index in [1.54, 1.807) is 6.20 Å². The van der Waals surface area contributed by atoms with Crippen LogP contribution in [0.25, 0.3) is 10.9 Å². The first kappa shape index (κ1) is 13.0. The van der Waals surface area contributed by atoms with E-state index in [0.29, 0.717) is 17.4 Å². The first-order chi connectivity index (χ1) is 9.75. The topological polar surface area (TPSA) is 79.4 Å². The third kappa shape index (κ3) is 2.48. The fourth-order valence-electron chi connectivity index (χ4n) is 2.05. The number of rotatable bonds is 4. The number of nitrogens with zero attached hydrogens (tertiary/aromatic N) is 4. The Labute approximate surface area is 120 Å². The number of hydrogen-bond donors (Lipinski definition) is 2. The average molecular weight is 289 g/mol. The summed E-state index contributed by atoms with van der Waals surface area (Å²) in [6, 6.07) is 7.72. The van der Waals surface area contributed by atoms with Crippen molar-refractivity contribution in [3.63, 3.8) is 0 Å². The minimum Gasteiger partial charge on any atom is -0.303 e. The highest BCUT2D eigenvalue weighted by Gasteiger charge is 2.11. The summed E-state index contributed by atoms with van der Waals surface area (Å²) in [5, 5.41) is 18.9. The molecule has 0 saturated carbocycles. The van der Waals surface area contributed by atoms with Crippen molar-refractivity contribution in [3.8, 4) is 0 Å². The van der Waals surface area contributed by atoms with Crippen molar-refractivity contribution in [1.82, 2.24) is 30.9 Å². The van der Waals surface area contributed by atoms with Crippen LogP contribution >= 0.6 is 11.6 Å². The number of benzene rings is 1. The highest BCUT2D eigenvalue weighted by molar-refractivity contribution is 6.35. The van der Waals surface area contributed by atoms with E-state index < -0.39 is 0 Å². The van der Waals surface area contributed by atoms with Gasteiger partial charge in [0.15, 0.2) is 5.82 Å². The highest BCUT2D eigenvalue weighted by atomic mass is 35.5. The molecule has 0 spiro atoms. The van der Waals surface area contributed by atoms with Crippen LogP contribution in [0.2, 0.25) is 5.02 Å². The maximum Gasteiger partial charge on any atom is 0.191 e. The van der Waals surface area contributed by atoms with E-state index in [1.165, 1.54) is 0 Å². The molecule has 2 aromatic heterocycles. The summed E-state index contributed by atoms with van der Waals surface area (Å²) in [6.07, 6.45) is 1.77. The van der Waals surface area contributed by atoms with E-state index in [4.69, 9.17) is 11.6 Å². The third-order valence-corrected chi connectivity index (χ3v) is 3.48.